The van der Waals surface area contributed by atoms with Gasteiger partial charge in [0, 0.05) is 11.7 Å². The number of rotatable bonds is 3. The molecule has 1 heterocycles. The summed E-state index contributed by atoms with van der Waals surface area (Å²) in [5.74, 6) is 0. The van der Waals surface area contributed by atoms with Crippen LogP contribution in [-0.4, -0.2) is 30.7 Å². The van der Waals surface area contributed by atoms with Crippen molar-refractivity contribution in [2.75, 3.05) is 25.1 Å². The van der Waals surface area contributed by atoms with Gasteiger partial charge in [0.25, 0.3) is 0 Å². The van der Waals surface area contributed by atoms with E-state index in [9.17, 15) is 0 Å². The minimum Gasteiger partial charge on any atom is -0.373 e. The van der Waals surface area contributed by atoms with E-state index in [2.05, 4.69) is 28.4 Å². The predicted molar refractivity (Wildman–Crippen MR) is 80.4 cm³/mol. The monoisotopic (exact) mass is 259 g/mol. The smallest absolute Gasteiger partial charge is 0.0628 e. The fraction of sp³-hybridized carbons (Fsp3) is 0.625. The lowest BCUT2D eigenvalue weighted by Gasteiger charge is -2.25. The lowest BCUT2D eigenvalue weighted by atomic mass is 10.0. The summed E-state index contributed by atoms with van der Waals surface area (Å²) in [6.07, 6.45) is 7.90. The number of nitrogens with one attached hydrogen (secondary N) is 1. The predicted octanol–water partition coefficient (Wildman–Crippen LogP) is 2.36. The highest BCUT2D eigenvalue weighted by atomic mass is 15.2. The van der Waals surface area contributed by atoms with Crippen LogP contribution in [0, 0.1) is 0 Å². The summed E-state index contributed by atoms with van der Waals surface area (Å²) in [5, 5.41) is 3.21. The topological polar surface area (TPSA) is 41.3 Å². The van der Waals surface area contributed by atoms with Crippen LogP contribution in [-0.2, 0) is 12.8 Å². The minimum atomic E-state index is 0.509. The number of nitrogens with zero attached hydrogens (tertiary/aromatic N) is 1. The molecule has 1 aromatic rings. The standard InChI is InChI=1S/C16H25N3/c17-12-18-15-6-3-13-4-7-16(8-5-14(13)11-15)19-9-1-2-10-19/h3,6,11,16,18H,1-2,4-5,7-10,12,17H2. The first-order valence-electron chi connectivity index (χ1n) is 7.66. The van der Waals surface area contributed by atoms with Gasteiger partial charge >= 0.3 is 0 Å². The van der Waals surface area contributed by atoms with Gasteiger partial charge in [0.15, 0.2) is 0 Å². The van der Waals surface area contributed by atoms with Gasteiger partial charge in [-0.2, -0.15) is 0 Å². The Balaban J connectivity index is 1.70. The summed E-state index contributed by atoms with van der Waals surface area (Å²) in [4.78, 5) is 2.71. The van der Waals surface area contributed by atoms with Crippen molar-refractivity contribution in [3.63, 3.8) is 0 Å². The fourth-order valence-corrected chi connectivity index (χ4v) is 3.59. The number of anilines is 1. The molecule has 1 fully saturated rings. The van der Waals surface area contributed by atoms with Gasteiger partial charge in [0.1, 0.15) is 0 Å². The van der Waals surface area contributed by atoms with E-state index in [-0.39, 0.29) is 0 Å². The maximum Gasteiger partial charge on any atom is 0.0628 e. The van der Waals surface area contributed by atoms with Crippen LogP contribution in [0.2, 0.25) is 0 Å². The third-order valence-electron chi connectivity index (χ3n) is 4.66. The molecular formula is C16H25N3. The van der Waals surface area contributed by atoms with E-state index >= 15 is 0 Å². The van der Waals surface area contributed by atoms with Gasteiger partial charge in [-0.25, -0.2) is 0 Å². The molecule has 104 valence electrons. The van der Waals surface area contributed by atoms with Gasteiger partial charge in [-0.15, -0.1) is 0 Å². The maximum absolute atomic E-state index is 5.55. The summed E-state index contributed by atoms with van der Waals surface area (Å²) < 4.78 is 0. The molecule has 0 amide bonds. The van der Waals surface area contributed by atoms with E-state index in [1.54, 1.807) is 5.56 Å². The van der Waals surface area contributed by atoms with Crippen molar-refractivity contribution in [3.8, 4) is 0 Å². The first kappa shape index (κ1) is 12.9. The molecule has 2 aliphatic rings. The zero-order chi connectivity index (χ0) is 13.1. The van der Waals surface area contributed by atoms with Crippen molar-refractivity contribution in [2.45, 2.75) is 44.6 Å². The zero-order valence-electron chi connectivity index (χ0n) is 11.7. The molecular weight excluding hydrogens is 234 g/mol. The lowest BCUT2D eigenvalue weighted by Crippen LogP contribution is -2.32. The maximum atomic E-state index is 5.55. The number of likely N-dealkylation sites (tertiary alicyclic amines) is 1. The van der Waals surface area contributed by atoms with E-state index in [1.807, 2.05) is 0 Å². The molecule has 0 saturated carbocycles. The number of hydrogen-bond acceptors (Lipinski definition) is 3. The van der Waals surface area contributed by atoms with Crippen LogP contribution in [0.5, 0.6) is 0 Å². The molecule has 0 radical (unpaired) electrons. The normalized spacial score (nSPS) is 23.9. The Morgan fingerprint density at radius 1 is 1.11 bits per heavy atom. The Morgan fingerprint density at radius 2 is 1.84 bits per heavy atom. The third-order valence-corrected chi connectivity index (χ3v) is 4.66. The van der Waals surface area contributed by atoms with E-state index in [4.69, 9.17) is 5.73 Å². The Hall–Kier alpha value is -1.06. The Kier molecular flexibility index (Phi) is 4.04. The average molecular weight is 259 g/mol. The van der Waals surface area contributed by atoms with Gasteiger partial charge in [-0.05, 0) is 74.9 Å². The van der Waals surface area contributed by atoms with Gasteiger partial charge in [0.2, 0.25) is 0 Å². The molecule has 0 spiro atoms. The van der Waals surface area contributed by atoms with Crippen molar-refractivity contribution >= 4 is 5.69 Å². The molecule has 1 atom stereocenters. The molecule has 0 aromatic heterocycles. The fourth-order valence-electron chi connectivity index (χ4n) is 3.59. The second-order valence-corrected chi connectivity index (χ2v) is 5.84. The van der Waals surface area contributed by atoms with Crippen molar-refractivity contribution in [1.29, 1.82) is 0 Å². The number of aryl methyl sites for hydroxylation is 2. The van der Waals surface area contributed by atoms with Crippen LogP contribution in [0.4, 0.5) is 5.69 Å². The molecule has 0 bridgehead atoms. The number of nitrogens with two attached hydrogens (primary N) is 1. The van der Waals surface area contributed by atoms with E-state index < -0.39 is 0 Å². The Bertz CT molecular complexity index is 424. The Labute approximate surface area is 116 Å². The summed E-state index contributed by atoms with van der Waals surface area (Å²) in [6.45, 7) is 3.15. The number of benzene rings is 1. The minimum absolute atomic E-state index is 0.509. The van der Waals surface area contributed by atoms with Crippen LogP contribution >= 0.6 is 0 Å². The largest absolute Gasteiger partial charge is 0.373 e. The SMILES string of the molecule is NCNc1ccc2c(c1)CCC(N1CCCC1)CC2. The molecule has 3 heteroatoms. The van der Waals surface area contributed by atoms with Crippen molar-refractivity contribution in [2.24, 2.45) is 5.73 Å². The Morgan fingerprint density at radius 3 is 2.58 bits per heavy atom. The highest BCUT2D eigenvalue weighted by Gasteiger charge is 2.24. The lowest BCUT2D eigenvalue weighted by molar-refractivity contribution is 0.222. The van der Waals surface area contributed by atoms with Crippen molar-refractivity contribution in [1.82, 2.24) is 4.90 Å². The highest BCUT2D eigenvalue weighted by Crippen LogP contribution is 2.27. The molecule has 1 aliphatic heterocycles. The first-order valence-corrected chi connectivity index (χ1v) is 7.66. The van der Waals surface area contributed by atoms with Gasteiger partial charge in [-0.3, -0.25) is 0 Å². The molecule has 3 rings (SSSR count). The van der Waals surface area contributed by atoms with Crippen LogP contribution in [0.1, 0.15) is 36.8 Å². The first-order chi connectivity index (χ1) is 9.36. The highest BCUT2D eigenvalue weighted by molar-refractivity contribution is 5.49. The second kappa shape index (κ2) is 5.93. The van der Waals surface area contributed by atoms with Crippen LogP contribution in [0.25, 0.3) is 0 Å². The zero-order valence-corrected chi connectivity index (χ0v) is 11.7. The molecule has 1 unspecified atom stereocenters. The van der Waals surface area contributed by atoms with E-state index in [0.29, 0.717) is 6.67 Å². The van der Waals surface area contributed by atoms with Gasteiger partial charge < -0.3 is 16.0 Å². The molecule has 1 aliphatic carbocycles. The van der Waals surface area contributed by atoms with Crippen LogP contribution in [0.15, 0.2) is 18.2 Å². The number of fused-ring (bicyclic) bond motifs is 1. The van der Waals surface area contributed by atoms with Crippen LogP contribution in [0.3, 0.4) is 0 Å². The van der Waals surface area contributed by atoms with Gasteiger partial charge in [-0.1, -0.05) is 6.07 Å². The molecule has 1 aromatic carbocycles. The summed E-state index contributed by atoms with van der Waals surface area (Å²) >= 11 is 0. The van der Waals surface area contributed by atoms with Crippen molar-refractivity contribution < 1.29 is 0 Å². The molecule has 1 saturated heterocycles. The molecule has 3 N–H and O–H groups in total. The quantitative estimate of drug-likeness (QED) is 0.647. The summed E-state index contributed by atoms with van der Waals surface area (Å²) in [7, 11) is 0. The van der Waals surface area contributed by atoms with Gasteiger partial charge in [0.05, 0.1) is 6.67 Å². The second-order valence-electron chi connectivity index (χ2n) is 5.84. The molecule has 19 heavy (non-hydrogen) atoms. The third kappa shape index (κ3) is 2.93. The molecule has 3 nitrogen and oxygen atoms in total. The van der Waals surface area contributed by atoms with Crippen molar-refractivity contribution in [3.05, 3.63) is 29.3 Å². The summed E-state index contributed by atoms with van der Waals surface area (Å²) in [6, 6.07) is 7.57. The summed E-state index contributed by atoms with van der Waals surface area (Å²) in [5.41, 5.74) is 9.80. The average Bonchev–Trinajstić information content (AvgIpc) is 2.87. The number of hydrogen-bond donors (Lipinski definition) is 2. The van der Waals surface area contributed by atoms with E-state index in [1.165, 1.54) is 62.9 Å². The van der Waals surface area contributed by atoms with E-state index in [0.717, 1.165) is 6.04 Å². The van der Waals surface area contributed by atoms with Crippen LogP contribution < -0.4 is 11.1 Å².